The van der Waals surface area contributed by atoms with Crippen LogP contribution in [0, 0.1) is 0 Å². The Balaban J connectivity index is 2.02. The molecule has 0 fully saturated rings. The number of nitrogens with one attached hydrogen (secondary N) is 2. The van der Waals surface area contributed by atoms with Crippen LogP contribution in [-0.4, -0.2) is 39.1 Å². The zero-order valence-corrected chi connectivity index (χ0v) is 14.5. The van der Waals surface area contributed by atoms with Crippen molar-refractivity contribution in [1.82, 2.24) is 10.9 Å². The average molecular weight is 358 g/mol. The molecule has 2 aromatic rings. The van der Waals surface area contributed by atoms with Crippen LogP contribution in [-0.2, 0) is 4.74 Å². The number of methoxy groups -OCH3 is 3. The van der Waals surface area contributed by atoms with E-state index in [0.717, 1.165) is 0 Å². The van der Waals surface area contributed by atoms with Crippen molar-refractivity contribution in [3.63, 3.8) is 0 Å². The van der Waals surface area contributed by atoms with Crippen LogP contribution in [0.15, 0.2) is 42.5 Å². The van der Waals surface area contributed by atoms with Crippen LogP contribution < -0.4 is 20.3 Å². The summed E-state index contributed by atoms with van der Waals surface area (Å²) in [5, 5.41) is 0. The maximum Gasteiger partial charge on any atom is 0.337 e. The molecule has 0 heterocycles. The van der Waals surface area contributed by atoms with Crippen molar-refractivity contribution in [2.24, 2.45) is 0 Å². The molecule has 26 heavy (non-hydrogen) atoms. The van der Waals surface area contributed by atoms with Crippen molar-refractivity contribution in [3.8, 4) is 11.5 Å². The Morgan fingerprint density at radius 3 is 1.62 bits per heavy atom. The lowest BCUT2D eigenvalue weighted by Gasteiger charge is -2.10. The second-order valence-corrected chi connectivity index (χ2v) is 5.08. The predicted molar refractivity (Wildman–Crippen MR) is 92.3 cm³/mol. The molecule has 0 aliphatic carbocycles. The Morgan fingerprint density at radius 1 is 0.692 bits per heavy atom. The summed E-state index contributed by atoms with van der Waals surface area (Å²) < 4.78 is 14.8. The third-order valence-corrected chi connectivity index (χ3v) is 3.47. The number of benzene rings is 2. The molecule has 0 aromatic heterocycles. The highest BCUT2D eigenvalue weighted by atomic mass is 16.5. The number of esters is 1. The summed E-state index contributed by atoms with van der Waals surface area (Å²) in [5.41, 5.74) is 5.44. The lowest BCUT2D eigenvalue weighted by atomic mass is 10.1. The molecule has 0 bridgehead atoms. The van der Waals surface area contributed by atoms with E-state index in [0.29, 0.717) is 17.1 Å². The lowest BCUT2D eigenvalue weighted by molar-refractivity contribution is 0.0600. The highest BCUT2D eigenvalue weighted by molar-refractivity contribution is 6.00. The maximum atomic E-state index is 12.2. The molecule has 2 N–H and O–H groups in total. The van der Waals surface area contributed by atoms with Gasteiger partial charge in [-0.15, -0.1) is 0 Å². The van der Waals surface area contributed by atoms with Crippen LogP contribution in [0.2, 0.25) is 0 Å². The summed E-state index contributed by atoms with van der Waals surface area (Å²) in [6.07, 6.45) is 0. The first-order chi connectivity index (χ1) is 12.5. The van der Waals surface area contributed by atoms with E-state index in [1.165, 1.54) is 57.7 Å². The van der Waals surface area contributed by atoms with Gasteiger partial charge in [-0.3, -0.25) is 20.4 Å². The van der Waals surface area contributed by atoms with Crippen LogP contribution >= 0.6 is 0 Å². The van der Waals surface area contributed by atoms with Crippen molar-refractivity contribution in [2.75, 3.05) is 21.3 Å². The molecule has 0 saturated carbocycles. The fourth-order valence-electron chi connectivity index (χ4n) is 2.07. The molecule has 0 unspecified atom stereocenters. The van der Waals surface area contributed by atoms with Crippen molar-refractivity contribution in [2.45, 2.75) is 0 Å². The predicted octanol–water partition coefficient (Wildman–Crippen LogP) is 1.57. The summed E-state index contributed by atoms with van der Waals surface area (Å²) in [7, 11) is 4.21. The second kappa shape index (κ2) is 8.52. The first-order valence-corrected chi connectivity index (χ1v) is 7.50. The lowest BCUT2D eigenvalue weighted by Crippen LogP contribution is -2.41. The molecule has 2 aromatic carbocycles. The molecule has 0 spiro atoms. The van der Waals surface area contributed by atoms with Gasteiger partial charge in [0.2, 0.25) is 0 Å². The van der Waals surface area contributed by atoms with Gasteiger partial charge in [0, 0.05) is 17.2 Å². The van der Waals surface area contributed by atoms with E-state index in [-0.39, 0.29) is 11.1 Å². The van der Waals surface area contributed by atoms with Gasteiger partial charge in [-0.2, -0.15) is 0 Å². The van der Waals surface area contributed by atoms with Crippen LogP contribution in [0.5, 0.6) is 11.5 Å². The Bertz CT molecular complexity index is 795. The second-order valence-electron chi connectivity index (χ2n) is 5.08. The minimum atomic E-state index is -0.540. The molecule has 0 atom stereocenters. The Kier molecular flexibility index (Phi) is 6.15. The van der Waals surface area contributed by atoms with Crippen LogP contribution in [0.4, 0.5) is 0 Å². The van der Waals surface area contributed by atoms with Crippen LogP contribution in [0.1, 0.15) is 31.1 Å². The first-order valence-electron chi connectivity index (χ1n) is 7.50. The molecule has 0 saturated heterocycles. The first kappa shape index (κ1) is 18.8. The van der Waals surface area contributed by atoms with Crippen molar-refractivity contribution < 1.29 is 28.6 Å². The van der Waals surface area contributed by atoms with E-state index >= 15 is 0 Å². The van der Waals surface area contributed by atoms with E-state index in [1.807, 2.05) is 0 Å². The minimum Gasteiger partial charge on any atom is -0.497 e. The van der Waals surface area contributed by atoms with Gasteiger partial charge < -0.3 is 14.2 Å². The fraction of sp³-hybridized carbons (Fsp3) is 0.167. The molecule has 2 amide bonds. The van der Waals surface area contributed by atoms with Gasteiger partial charge in [-0.1, -0.05) is 0 Å². The third-order valence-electron chi connectivity index (χ3n) is 3.47. The number of hydrazine groups is 1. The number of rotatable bonds is 5. The summed E-state index contributed by atoms with van der Waals surface area (Å²) in [6.45, 7) is 0. The van der Waals surface area contributed by atoms with E-state index in [4.69, 9.17) is 9.47 Å². The molecular weight excluding hydrogens is 340 g/mol. The number of amides is 2. The molecule has 0 aliphatic heterocycles. The SMILES string of the molecule is COC(=O)c1ccc(C(=O)NNC(=O)c2cc(OC)cc(OC)c2)cc1. The smallest absolute Gasteiger partial charge is 0.337 e. The number of hydrogen-bond donors (Lipinski definition) is 2. The molecule has 0 aliphatic rings. The zero-order valence-electron chi connectivity index (χ0n) is 14.5. The van der Waals surface area contributed by atoms with Crippen molar-refractivity contribution in [3.05, 3.63) is 59.2 Å². The van der Waals surface area contributed by atoms with E-state index in [9.17, 15) is 14.4 Å². The topological polar surface area (TPSA) is 103 Å². The number of carbonyl (C=O) groups is 3. The summed E-state index contributed by atoms with van der Waals surface area (Å²) in [4.78, 5) is 35.7. The Labute approximate surface area is 150 Å². The average Bonchev–Trinajstić information content (AvgIpc) is 2.70. The fourth-order valence-corrected chi connectivity index (χ4v) is 2.07. The minimum absolute atomic E-state index is 0.252. The highest BCUT2D eigenvalue weighted by Crippen LogP contribution is 2.22. The Morgan fingerprint density at radius 2 is 1.15 bits per heavy atom. The van der Waals surface area contributed by atoms with Crippen LogP contribution in [0.3, 0.4) is 0 Å². The Hall–Kier alpha value is -3.55. The third kappa shape index (κ3) is 4.50. The number of ether oxygens (including phenoxy) is 3. The number of hydrogen-bond acceptors (Lipinski definition) is 6. The molecule has 136 valence electrons. The molecular formula is C18H18N2O6. The monoisotopic (exact) mass is 358 g/mol. The zero-order chi connectivity index (χ0) is 19.1. The highest BCUT2D eigenvalue weighted by Gasteiger charge is 2.13. The molecule has 8 nitrogen and oxygen atoms in total. The van der Waals surface area contributed by atoms with Crippen molar-refractivity contribution >= 4 is 17.8 Å². The van der Waals surface area contributed by atoms with E-state index in [2.05, 4.69) is 15.6 Å². The van der Waals surface area contributed by atoms with Gasteiger partial charge in [-0.05, 0) is 36.4 Å². The van der Waals surface area contributed by atoms with Gasteiger partial charge in [0.25, 0.3) is 11.8 Å². The standard InChI is InChI=1S/C18H18N2O6/c1-24-14-8-13(9-15(10-14)25-2)17(22)20-19-16(21)11-4-6-12(7-5-11)18(23)26-3/h4-10H,1-3H3,(H,19,21)(H,20,22). The molecule has 8 heteroatoms. The maximum absolute atomic E-state index is 12.2. The number of carbonyl (C=O) groups excluding carboxylic acids is 3. The van der Waals surface area contributed by atoms with Gasteiger partial charge in [0.05, 0.1) is 26.9 Å². The largest absolute Gasteiger partial charge is 0.497 e. The van der Waals surface area contributed by atoms with E-state index in [1.54, 1.807) is 6.07 Å². The van der Waals surface area contributed by atoms with Crippen LogP contribution in [0.25, 0.3) is 0 Å². The molecule has 2 rings (SSSR count). The normalized spacial score (nSPS) is 9.81. The summed E-state index contributed by atoms with van der Waals surface area (Å²) >= 11 is 0. The van der Waals surface area contributed by atoms with Gasteiger partial charge in [0.1, 0.15) is 11.5 Å². The summed E-state index contributed by atoms with van der Waals surface area (Å²) in [6, 6.07) is 10.4. The van der Waals surface area contributed by atoms with Gasteiger partial charge in [0.15, 0.2) is 0 Å². The molecule has 0 radical (unpaired) electrons. The van der Waals surface area contributed by atoms with E-state index < -0.39 is 17.8 Å². The van der Waals surface area contributed by atoms with Gasteiger partial charge in [-0.25, -0.2) is 4.79 Å². The summed E-state index contributed by atoms with van der Waals surface area (Å²) in [5.74, 6) is -0.693. The quantitative estimate of drug-likeness (QED) is 0.621. The van der Waals surface area contributed by atoms with Crippen molar-refractivity contribution in [1.29, 1.82) is 0 Å². The van der Waals surface area contributed by atoms with Gasteiger partial charge >= 0.3 is 5.97 Å².